The molecule has 1 N–H and O–H groups in total. The van der Waals surface area contributed by atoms with Crippen LogP contribution in [0.5, 0.6) is 0 Å². The van der Waals surface area contributed by atoms with Gasteiger partial charge in [0.25, 0.3) is 0 Å². The lowest BCUT2D eigenvalue weighted by Gasteiger charge is -2.37. The van der Waals surface area contributed by atoms with E-state index in [1.165, 1.54) is 0 Å². The molecule has 0 unspecified atom stereocenters. The summed E-state index contributed by atoms with van der Waals surface area (Å²) >= 11 is 0. The summed E-state index contributed by atoms with van der Waals surface area (Å²) in [7, 11) is 0. The molecular weight excluding hydrogens is 178 g/mol. The third-order valence-electron chi connectivity index (χ3n) is 3.13. The lowest BCUT2D eigenvalue weighted by Crippen LogP contribution is -2.38. The molecule has 3 nitrogen and oxygen atoms in total. The lowest BCUT2D eigenvalue weighted by atomic mass is 9.74. The van der Waals surface area contributed by atoms with E-state index in [0.717, 1.165) is 44.8 Å². The smallest absolute Gasteiger partial charge is 0.133 e. The maximum atomic E-state index is 10.2. The Labute approximate surface area is 86.2 Å². The Kier molecular flexibility index (Phi) is 4.55. The molecule has 0 radical (unpaired) electrons. The topological polar surface area (TPSA) is 38.3 Å². The highest BCUT2D eigenvalue weighted by molar-refractivity contribution is 5.51. The van der Waals surface area contributed by atoms with Crippen molar-refractivity contribution in [2.75, 3.05) is 26.3 Å². The van der Waals surface area contributed by atoms with Crippen molar-refractivity contribution < 1.29 is 9.53 Å². The first-order valence-electron chi connectivity index (χ1n) is 5.39. The first-order chi connectivity index (χ1) is 6.67. The highest BCUT2D eigenvalue weighted by Crippen LogP contribution is 2.33. The van der Waals surface area contributed by atoms with Crippen molar-refractivity contribution in [3.63, 3.8) is 0 Å². The second kappa shape index (κ2) is 5.47. The van der Waals surface area contributed by atoms with Crippen molar-refractivity contribution in [3.8, 4) is 0 Å². The SMILES string of the molecule is CC(C)(CNCC=O)C1CCOCC1. The fourth-order valence-electron chi connectivity index (χ4n) is 2.08. The average molecular weight is 199 g/mol. The van der Waals surface area contributed by atoms with E-state index in [1.807, 2.05) is 0 Å². The summed E-state index contributed by atoms with van der Waals surface area (Å²) in [6.07, 6.45) is 3.21. The molecule has 3 heteroatoms. The molecule has 0 aromatic rings. The minimum absolute atomic E-state index is 0.271. The normalized spacial score (nSPS) is 19.6. The fraction of sp³-hybridized carbons (Fsp3) is 0.909. The first kappa shape index (κ1) is 11.7. The molecule has 0 spiro atoms. The maximum absolute atomic E-state index is 10.2. The summed E-state index contributed by atoms with van der Waals surface area (Å²) in [6, 6.07) is 0. The minimum Gasteiger partial charge on any atom is -0.381 e. The van der Waals surface area contributed by atoms with Gasteiger partial charge >= 0.3 is 0 Å². The van der Waals surface area contributed by atoms with Crippen molar-refractivity contribution in [1.29, 1.82) is 0 Å². The van der Waals surface area contributed by atoms with Crippen LogP contribution >= 0.6 is 0 Å². The van der Waals surface area contributed by atoms with Crippen LogP contribution < -0.4 is 5.32 Å². The third kappa shape index (κ3) is 3.39. The molecule has 1 aliphatic rings. The first-order valence-corrected chi connectivity index (χ1v) is 5.39. The molecule has 1 fully saturated rings. The van der Waals surface area contributed by atoms with Crippen LogP contribution in [0, 0.1) is 11.3 Å². The number of ether oxygens (including phenoxy) is 1. The minimum atomic E-state index is 0.271. The van der Waals surface area contributed by atoms with Crippen LogP contribution in [0.15, 0.2) is 0 Å². The molecule has 0 aromatic heterocycles. The Hall–Kier alpha value is -0.410. The van der Waals surface area contributed by atoms with Crippen LogP contribution in [0.4, 0.5) is 0 Å². The molecule has 0 atom stereocenters. The van der Waals surface area contributed by atoms with Gasteiger partial charge in [0.05, 0.1) is 6.54 Å². The molecule has 1 aliphatic heterocycles. The number of rotatable bonds is 5. The zero-order valence-corrected chi connectivity index (χ0v) is 9.21. The highest BCUT2D eigenvalue weighted by atomic mass is 16.5. The van der Waals surface area contributed by atoms with Crippen LogP contribution in [-0.2, 0) is 9.53 Å². The molecular formula is C11H21NO2. The van der Waals surface area contributed by atoms with Gasteiger partial charge in [-0.15, -0.1) is 0 Å². The van der Waals surface area contributed by atoms with Crippen molar-refractivity contribution >= 4 is 6.29 Å². The summed E-state index contributed by atoms with van der Waals surface area (Å²) < 4.78 is 5.34. The van der Waals surface area contributed by atoms with Crippen molar-refractivity contribution in [2.24, 2.45) is 11.3 Å². The molecule has 0 aromatic carbocycles. The predicted molar refractivity (Wildman–Crippen MR) is 56.3 cm³/mol. The number of hydrogen-bond acceptors (Lipinski definition) is 3. The van der Waals surface area contributed by atoms with Gasteiger partial charge in [-0.1, -0.05) is 13.8 Å². The molecule has 1 saturated heterocycles. The van der Waals surface area contributed by atoms with Crippen molar-refractivity contribution in [1.82, 2.24) is 5.32 Å². The Morgan fingerprint density at radius 2 is 2.07 bits per heavy atom. The second-order valence-electron chi connectivity index (χ2n) is 4.67. The van der Waals surface area contributed by atoms with E-state index in [1.54, 1.807) is 0 Å². The second-order valence-corrected chi connectivity index (χ2v) is 4.67. The van der Waals surface area contributed by atoms with E-state index in [2.05, 4.69) is 19.2 Å². The van der Waals surface area contributed by atoms with E-state index in [-0.39, 0.29) is 5.41 Å². The summed E-state index contributed by atoms with van der Waals surface area (Å²) in [5.74, 6) is 0.718. The highest BCUT2D eigenvalue weighted by Gasteiger charge is 2.30. The van der Waals surface area contributed by atoms with E-state index in [9.17, 15) is 4.79 Å². The van der Waals surface area contributed by atoms with E-state index in [4.69, 9.17) is 4.74 Å². The van der Waals surface area contributed by atoms with Crippen molar-refractivity contribution in [3.05, 3.63) is 0 Å². The number of carbonyl (C=O) groups excluding carboxylic acids is 1. The van der Waals surface area contributed by atoms with Gasteiger partial charge in [0.2, 0.25) is 0 Å². The van der Waals surface area contributed by atoms with Gasteiger partial charge in [-0.05, 0) is 24.2 Å². The van der Waals surface area contributed by atoms with Gasteiger partial charge in [0.1, 0.15) is 6.29 Å². The largest absolute Gasteiger partial charge is 0.381 e. The molecule has 1 rings (SSSR count). The number of carbonyl (C=O) groups is 1. The molecule has 0 amide bonds. The molecule has 1 heterocycles. The Morgan fingerprint density at radius 1 is 1.43 bits per heavy atom. The van der Waals surface area contributed by atoms with Gasteiger partial charge in [0, 0.05) is 19.8 Å². The van der Waals surface area contributed by atoms with Crippen LogP contribution in [0.25, 0.3) is 0 Å². The van der Waals surface area contributed by atoms with Crippen molar-refractivity contribution in [2.45, 2.75) is 26.7 Å². The van der Waals surface area contributed by atoms with Gasteiger partial charge < -0.3 is 14.8 Å². The third-order valence-corrected chi connectivity index (χ3v) is 3.13. The molecule has 82 valence electrons. The van der Waals surface area contributed by atoms with Gasteiger partial charge in [-0.25, -0.2) is 0 Å². The Balaban J connectivity index is 2.33. The number of nitrogens with one attached hydrogen (secondary N) is 1. The fourth-order valence-corrected chi connectivity index (χ4v) is 2.08. The van der Waals surface area contributed by atoms with Gasteiger partial charge in [-0.2, -0.15) is 0 Å². The standard InChI is InChI=1S/C11H21NO2/c1-11(2,9-12-5-6-13)10-3-7-14-8-4-10/h6,10,12H,3-5,7-9H2,1-2H3. The number of hydrogen-bond donors (Lipinski definition) is 1. The molecule has 0 bridgehead atoms. The quantitative estimate of drug-likeness (QED) is 0.534. The predicted octanol–water partition coefficient (Wildman–Crippen LogP) is 1.23. The zero-order valence-electron chi connectivity index (χ0n) is 9.21. The van der Waals surface area contributed by atoms with Gasteiger partial charge in [-0.3, -0.25) is 0 Å². The molecule has 0 aliphatic carbocycles. The van der Waals surface area contributed by atoms with E-state index in [0.29, 0.717) is 6.54 Å². The van der Waals surface area contributed by atoms with E-state index < -0.39 is 0 Å². The van der Waals surface area contributed by atoms with Crippen LogP contribution in [0.3, 0.4) is 0 Å². The molecule has 14 heavy (non-hydrogen) atoms. The zero-order chi connectivity index (χ0) is 10.4. The summed E-state index contributed by atoms with van der Waals surface area (Å²) in [5, 5.41) is 3.16. The number of aldehydes is 1. The van der Waals surface area contributed by atoms with E-state index >= 15 is 0 Å². The lowest BCUT2D eigenvalue weighted by molar-refractivity contribution is -0.107. The van der Waals surface area contributed by atoms with Crippen LogP contribution in [0.1, 0.15) is 26.7 Å². The average Bonchev–Trinajstić information content (AvgIpc) is 2.19. The van der Waals surface area contributed by atoms with Gasteiger partial charge in [0.15, 0.2) is 0 Å². The Morgan fingerprint density at radius 3 is 2.64 bits per heavy atom. The summed E-state index contributed by atoms with van der Waals surface area (Å²) in [4.78, 5) is 10.2. The molecule has 0 saturated carbocycles. The van der Waals surface area contributed by atoms with Crippen LogP contribution in [0.2, 0.25) is 0 Å². The summed E-state index contributed by atoms with van der Waals surface area (Å²) in [6.45, 7) is 7.69. The maximum Gasteiger partial charge on any atom is 0.133 e. The monoisotopic (exact) mass is 199 g/mol. The Bertz CT molecular complexity index is 174. The van der Waals surface area contributed by atoms with Crippen LogP contribution in [-0.4, -0.2) is 32.6 Å². The summed E-state index contributed by atoms with van der Waals surface area (Å²) in [5.41, 5.74) is 0.271.